The van der Waals surface area contributed by atoms with Crippen molar-refractivity contribution in [3.8, 4) is 11.5 Å². The van der Waals surface area contributed by atoms with E-state index in [-0.39, 0.29) is 45.3 Å². The molecule has 0 saturated heterocycles. The number of nitrogens with one attached hydrogen (secondary N) is 2. The maximum Gasteiger partial charge on any atom is 0.416 e. The number of benzene rings is 3. The zero-order valence-electron chi connectivity index (χ0n) is 23.4. The number of carbonyl (C=O) groups is 1. The Bertz CT molecular complexity index is 1430. The number of nitrogens with two attached hydrogens (primary N) is 1. The zero-order chi connectivity index (χ0) is 30.1. The first kappa shape index (κ1) is 30.5. The van der Waals surface area contributed by atoms with E-state index in [0.717, 1.165) is 18.2 Å². The molecule has 41 heavy (non-hydrogen) atoms. The fraction of sp³-hybridized carbons (Fsp3) is 0.387. The van der Waals surface area contributed by atoms with Crippen molar-refractivity contribution in [1.82, 2.24) is 5.32 Å². The fourth-order valence-corrected chi connectivity index (χ4v) is 4.54. The van der Waals surface area contributed by atoms with Gasteiger partial charge in [-0.05, 0) is 119 Å². The van der Waals surface area contributed by atoms with Crippen molar-refractivity contribution in [3.63, 3.8) is 0 Å². The number of amides is 1. The first-order chi connectivity index (χ1) is 19.1. The van der Waals surface area contributed by atoms with Gasteiger partial charge in [0.05, 0.1) is 11.1 Å². The number of hydrogen-bond acceptors (Lipinski definition) is 4. The van der Waals surface area contributed by atoms with Crippen LogP contribution in [0.2, 0.25) is 0 Å². The third-order valence-electron chi connectivity index (χ3n) is 6.84. The molecule has 1 aliphatic rings. The molecule has 3 aromatic carbocycles. The lowest BCUT2D eigenvalue weighted by Gasteiger charge is -2.22. The number of anilines is 1. The quantitative estimate of drug-likeness (QED) is 0.226. The molecule has 5 nitrogen and oxygen atoms in total. The van der Waals surface area contributed by atoms with Gasteiger partial charge in [0.15, 0.2) is 0 Å². The van der Waals surface area contributed by atoms with Crippen LogP contribution in [0.5, 0.6) is 11.5 Å². The maximum absolute atomic E-state index is 14.6. The third-order valence-corrected chi connectivity index (χ3v) is 6.84. The van der Waals surface area contributed by atoms with Crippen LogP contribution in [0.1, 0.15) is 84.6 Å². The molecular formula is C31H34F5N3O2. The van der Waals surface area contributed by atoms with Crippen molar-refractivity contribution in [2.24, 2.45) is 5.73 Å². The highest BCUT2D eigenvalue weighted by Crippen LogP contribution is 2.48. The van der Waals surface area contributed by atoms with Crippen molar-refractivity contribution in [3.05, 3.63) is 88.0 Å². The van der Waals surface area contributed by atoms with Crippen molar-refractivity contribution in [1.29, 1.82) is 0 Å². The van der Waals surface area contributed by atoms with Crippen LogP contribution in [0.4, 0.5) is 27.6 Å². The fourth-order valence-electron chi connectivity index (χ4n) is 4.54. The van der Waals surface area contributed by atoms with E-state index in [0.29, 0.717) is 31.4 Å². The molecule has 1 atom stereocenters. The average Bonchev–Trinajstić information content (AvgIpc) is 3.70. The number of halogens is 5. The lowest BCUT2D eigenvalue weighted by atomic mass is 9.98. The minimum atomic E-state index is -4.70. The van der Waals surface area contributed by atoms with E-state index < -0.39 is 35.3 Å². The van der Waals surface area contributed by atoms with Crippen molar-refractivity contribution < 1.29 is 31.5 Å². The normalized spacial score (nSPS) is 14.6. The van der Waals surface area contributed by atoms with Crippen LogP contribution in [0.25, 0.3) is 0 Å². The summed E-state index contributed by atoms with van der Waals surface area (Å²) in [4.78, 5) is 13.4. The van der Waals surface area contributed by atoms with E-state index in [1.807, 2.05) is 20.8 Å². The molecule has 0 heterocycles. The molecule has 0 bridgehead atoms. The molecule has 1 aliphatic carbocycles. The Morgan fingerprint density at radius 3 is 2.34 bits per heavy atom. The van der Waals surface area contributed by atoms with Gasteiger partial charge in [0.1, 0.15) is 23.1 Å². The molecule has 10 heteroatoms. The van der Waals surface area contributed by atoms with Gasteiger partial charge in [-0.2, -0.15) is 13.2 Å². The van der Waals surface area contributed by atoms with Gasteiger partial charge in [-0.25, -0.2) is 8.78 Å². The first-order valence-electron chi connectivity index (χ1n) is 13.4. The minimum Gasteiger partial charge on any atom is -0.456 e. The van der Waals surface area contributed by atoms with Crippen LogP contribution >= 0.6 is 0 Å². The second kappa shape index (κ2) is 11.8. The summed E-state index contributed by atoms with van der Waals surface area (Å²) in [5.41, 5.74) is 5.57. The Hall–Kier alpha value is -3.50. The summed E-state index contributed by atoms with van der Waals surface area (Å²) >= 11 is 0. The summed E-state index contributed by atoms with van der Waals surface area (Å²) in [5, 5.41) is 5.85. The Morgan fingerprint density at radius 1 is 1.02 bits per heavy atom. The van der Waals surface area contributed by atoms with Crippen molar-refractivity contribution in [2.75, 3.05) is 11.9 Å². The second-order valence-corrected chi connectivity index (χ2v) is 11.5. The Balaban J connectivity index is 1.67. The van der Waals surface area contributed by atoms with Gasteiger partial charge in [0.2, 0.25) is 0 Å². The standard InChI is InChI=1S/C31H34F5N3O2/c1-17-13-19(32)7-10-27(17)41-28-16-21(18-5-6-18)24(31(34,35)36)15-23(28)29(40)39-20-8-9-25(33)22(14-20)26(37)11-12-38-30(2,3)4/h7-10,13-16,18,26,38H,5-6,11-12,37H2,1-4H3,(H,39,40). The predicted octanol–water partition coefficient (Wildman–Crippen LogP) is 7.99. The monoisotopic (exact) mass is 575 g/mol. The highest BCUT2D eigenvalue weighted by Gasteiger charge is 2.40. The molecule has 1 fully saturated rings. The first-order valence-corrected chi connectivity index (χ1v) is 13.4. The number of aryl methyl sites for hydroxylation is 1. The summed E-state index contributed by atoms with van der Waals surface area (Å²) in [5.74, 6) is -2.14. The van der Waals surface area contributed by atoms with E-state index in [1.165, 1.54) is 30.3 Å². The Morgan fingerprint density at radius 2 is 1.73 bits per heavy atom. The van der Waals surface area contributed by atoms with Crippen LogP contribution < -0.4 is 21.1 Å². The third kappa shape index (κ3) is 7.83. The summed E-state index contributed by atoms with van der Waals surface area (Å²) in [6.45, 7) is 8.09. The molecule has 3 aromatic rings. The highest BCUT2D eigenvalue weighted by atomic mass is 19.4. The van der Waals surface area contributed by atoms with Gasteiger partial charge in [-0.15, -0.1) is 0 Å². The van der Waals surface area contributed by atoms with E-state index >= 15 is 0 Å². The molecule has 1 unspecified atom stereocenters. The average molecular weight is 576 g/mol. The van der Waals surface area contributed by atoms with Crippen LogP contribution in [0.3, 0.4) is 0 Å². The topological polar surface area (TPSA) is 76.4 Å². The molecular weight excluding hydrogens is 541 g/mol. The maximum atomic E-state index is 14.6. The Labute approximate surface area is 236 Å². The molecule has 220 valence electrons. The van der Waals surface area contributed by atoms with Crippen LogP contribution in [-0.2, 0) is 6.18 Å². The molecule has 4 rings (SSSR count). The number of ether oxygens (including phenoxy) is 1. The van der Waals surface area contributed by atoms with E-state index in [4.69, 9.17) is 10.5 Å². The van der Waals surface area contributed by atoms with Crippen molar-refractivity contribution >= 4 is 11.6 Å². The summed E-state index contributed by atoms with van der Waals surface area (Å²) in [7, 11) is 0. The predicted molar refractivity (Wildman–Crippen MR) is 148 cm³/mol. The largest absolute Gasteiger partial charge is 0.456 e. The number of carbonyl (C=O) groups excluding carboxylic acids is 1. The van der Waals surface area contributed by atoms with Gasteiger partial charge in [-0.1, -0.05) is 0 Å². The lowest BCUT2D eigenvalue weighted by molar-refractivity contribution is -0.138. The SMILES string of the molecule is Cc1cc(F)ccc1Oc1cc(C2CC2)c(C(F)(F)F)cc1C(=O)Nc1ccc(F)c(C(N)CCNC(C)(C)C)c1. The van der Waals surface area contributed by atoms with Gasteiger partial charge in [0, 0.05) is 22.8 Å². The van der Waals surface area contributed by atoms with E-state index in [9.17, 15) is 26.7 Å². The number of alkyl halides is 3. The van der Waals surface area contributed by atoms with Crippen LogP contribution in [-0.4, -0.2) is 18.0 Å². The summed E-state index contributed by atoms with van der Waals surface area (Å²) in [6, 6.07) is 8.92. The van der Waals surface area contributed by atoms with Crippen LogP contribution in [0.15, 0.2) is 48.5 Å². The summed E-state index contributed by atoms with van der Waals surface area (Å²) in [6.07, 6.45) is -3.10. The van der Waals surface area contributed by atoms with Gasteiger partial charge >= 0.3 is 6.18 Å². The second-order valence-electron chi connectivity index (χ2n) is 11.5. The van der Waals surface area contributed by atoms with Gasteiger partial charge in [-0.3, -0.25) is 4.79 Å². The molecule has 4 N–H and O–H groups in total. The van der Waals surface area contributed by atoms with Gasteiger partial charge < -0.3 is 21.1 Å². The Kier molecular flexibility index (Phi) is 8.75. The van der Waals surface area contributed by atoms with Crippen molar-refractivity contribution in [2.45, 2.75) is 70.6 Å². The molecule has 0 spiro atoms. The zero-order valence-corrected chi connectivity index (χ0v) is 23.4. The van der Waals surface area contributed by atoms with Gasteiger partial charge in [0.25, 0.3) is 5.91 Å². The van der Waals surface area contributed by atoms with Crippen LogP contribution in [0, 0.1) is 18.6 Å². The minimum absolute atomic E-state index is 0.0442. The molecule has 1 amide bonds. The highest BCUT2D eigenvalue weighted by molar-refractivity contribution is 6.06. The molecule has 0 radical (unpaired) electrons. The molecule has 0 aliphatic heterocycles. The lowest BCUT2D eigenvalue weighted by Crippen LogP contribution is -2.37. The number of rotatable bonds is 9. The smallest absolute Gasteiger partial charge is 0.416 e. The van der Waals surface area contributed by atoms with E-state index in [1.54, 1.807) is 6.92 Å². The molecule has 1 saturated carbocycles. The van der Waals surface area contributed by atoms with E-state index in [2.05, 4.69) is 10.6 Å². The molecule has 0 aromatic heterocycles. The summed E-state index contributed by atoms with van der Waals surface area (Å²) < 4.78 is 76.4. The number of hydrogen-bond donors (Lipinski definition) is 3.